The minimum atomic E-state index is 0.244. The van der Waals surface area contributed by atoms with Gasteiger partial charge in [-0.2, -0.15) is 0 Å². The normalized spacial score (nSPS) is 24.1. The summed E-state index contributed by atoms with van der Waals surface area (Å²) in [6.07, 6.45) is 3.61. The SMILES string of the molecule is CCC1(CC)C(NC)CC1Oc1ccc(OC)cc1Br. The molecule has 1 saturated carbocycles. The first kappa shape index (κ1) is 15.6. The Labute approximate surface area is 130 Å². The van der Waals surface area contributed by atoms with Crippen molar-refractivity contribution in [1.29, 1.82) is 0 Å². The minimum Gasteiger partial charge on any atom is -0.497 e. The molecule has 0 heterocycles. The van der Waals surface area contributed by atoms with E-state index in [4.69, 9.17) is 9.47 Å². The Kier molecular flexibility index (Phi) is 4.97. The maximum atomic E-state index is 6.27. The zero-order chi connectivity index (χ0) is 14.8. The second-order valence-corrected chi connectivity index (χ2v) is 6.27. The van der Waals surface area contributed by atoms with Crippen molar-refractivity contribution in [2.45, 2.75) is 45.3 Å². The molecule has 0 bridgehead atoms. The topological polar surface area (TPSA) is 30.5 Å². The third-order valence-corrected chi connectivity index (χ3v) is 5.48. The van der Waals surface area contributed by atoms with Crippen molar-refractivity contribution in [3.05, 3.63) is 22.7 Å². The molecular weight excluding hydrogens is 318 g/mol. The molecule has 1 N–H and O–H groups in total. The lowest BCUT2D eigenvalue weighted by atomic mass is 9.58. The van der Waals surface area contributed by atoms with E-state index in [2.05, 4.69) is 35.1 Å². The van der Waals surface area contributed by atoms with Crippen LogP contribution in [0.3, 0.4) is 0 Å². The van der Waals surface area contributed by atoms with Crippen molar-refractivity contribution in [1.82, 2.24) is 5.32 Å². The molecule has 1 aromatic carbocycles. The molecular formula is C16H24BrNO2. The average Bonchev–Trinajstić information content (AvgIpc) is 2.45. The lowest BCUT2D eigenvalue weighted by Gasteiger charge is -2.55. The van der Waals surface area contributed by atoms with Gasteiger partial charge >= 0.3 is 0 Å². The van der Waals surface area contributed by atoms with Gasteiger partial charge < -0.3 is 14.8 Å². The summed E-state index contributed by atoms with van der Waals surface area (Å²) in [5, 5.41) is 3.43. The Morgan fingerprint density at radius 3 is 2.55 bits per heavy atom. The first-order valence-corrected chi connectivity index (χ1v) is 8.08. The molecule has 4 heteroatoms. The van der Waals surface area contributed by atoms with Crippen LogP contribution in [0.2, 0.25) is 0 Å². The van der Waals surface area contributed by atoms with Crippen molar-refractivity contribution >= 4 is 15.9 Å². The molecule has 2 unspecified atom stereocenters. The molecule has 20 heavy (non-hydrogen) atoms. The van der Waals surface area contributed by atoms with Crippen LogP contribution in [0, 0.1) is 5.41 Å². The molecule has 1 aromatic rings. The average molecular weight is 342 g/mol. The number of ether oxygens (including phenoxy) is 2. The summed E-state index contributed by atoms with van der Waals surface area (Å²) < 4.78 is 12.4. The molecule has 0 aliphatic heterocycles. The van der Waals surface area contributed by atoms with E-state index in [1.807, 2.05) is 25.2 Å². The van der Waals surface area contributed by atoms with E-state index in [-0.39, 0.29) is 11.5 Å². The number of nitrogens with one attached hydrogen (secondary N) is 1. The highest BCUT2D eigenvalue weighted by Gasteiger charge is 2.53. The van der Waals surface area contributed by atoms with Crippen LogP contribution in [0.1, 0.15) is 33.1 Å². The van der Waals surface area contributed by atoms with E-state index in [0.717, 1.165) is 35.2 Å². The van der Waals surface area contributed by atoms with Crippen molar-refractivity contribution in [2.75, 3.05) is 14.2 Å². The molecule has 0 spiro atoms. The van der Waals surface area contributed by atoms with E-state index in [9.17, 15) is 0 Å². The Balaban J connectivity index is 2.14. The largest absolute Gasteiger partial charge is 0.497 e. The molecule has 1 aliphatic carbocycles. The zero-order valence-electron chi connectivity index (χ0n) is 12.7. The fourth-order valence-corrected chi connectivity index (χ4v) is 3.82. The van der Waals surface area contributed by atoms with Crippen LogP contribution in [0.25, 0.3) is 0 Å². The van der Waals surface area contributed by atoms with Crippen molar-refractivity contribution in [2.24, 2.45) is 5.41 Å². The molecule has 0 amide bonds. The van der Waals surface area contributed by atoms with Gasteiger partial charge in [-0.15, -0.1) is 0 Å². The van der Waals surface area contributed by atoms with Crippen LogP contribution < -0.4 is 14.8 Å². The molecule has 112 valence electrons. The zero-order valence-corrected chi connectivity index (χ0v) is 14.3. The van der Waals surface area contributed by atoms with Gasteiger partial charge in [0.2, 0.25) is 0 Å². The Hall–Kier alpha value is -0.740. The summed E-state index contributed by atoms with van der Waals surface area (Å²) in [7, 11) is 3.72. The maximum Gasteiger partial charge on any atom is 0.134 e. The second kappa shape index (κ2) is 6.35. The molecule has 3 nitrogen and oxygen atoms in total. The van der Waals surface area contributed by atoms with Crippen molar-refractivity contribution in [3.8, 4) is 11.5 Å². The van der Waals surface area contributed by atoms with E-state index in [1.165, 1.54) is 0 Å². The van der Waals surface area contributed by atoms with Gasteiger partial charge in [-0.25, -0.2) is 0 Å². The summed E-state index contributed by atoms with van der Waals surface area (Å²) in [5.41, 5.74) is 0.244. The van der Waals surface area contributed by atoms with Gasteiger partial charge in [0.25, 0.3) is 0 Å². The van der Waals surface area contributed by atoms with Gasteiger partial charge in [0, 0.05) is 17.9 Å². The van der Waals surface area contributed by atoms with Crippen LogP contribution in [0.4, 0.5) is 0 Å². The van der Waals surface area contributed by atoms with Gasteiger partial charge in [0.15, 0.2) is 0 Å². The fraction of sp³-hybridized carbons (Fsp3) is 0.625. The Morgan fingerprint density at radius 1 is 1.35 bits per heavy atom. The summed E-state index contributed by atoms with van der Waals surface area (Å²) in [6.45, 7) is 4.51. The number of hydrogen-bond acceptors (Lipinski definition) is 3. The molecule has 2 atom stereocenters. The molecule has 1 fully saturated rings. The number of halogens is 1. The smallest absolute Gasteiger partial charge is 0.134 e. The molecule has 0 saturated heterocycles. The van der Waals surface area contributed by atoms with Crippen molar-refractivity contribution < 1.29 is 9.47 Å². The lowest BCUT2D eigenvalue weighted by molar-refractivity contribution is -0.0839. The third-order valence-electron chi connectivity index (χ3n) is 4.86. The fourth-order valence-electron chi connectivity index (χ4n) is 3.37. The van der Waals surface area contributed by atoms with Gasteiger partial charge in [0.05, 0.1) is 11.6 Å². The van der Waals surface area contributed by atoms with Gasteiger partial charge in [-0.1, -0.05) is 13.8 Å². The van der Waals surface area contributed by atoms with Crippen LogP contribution in [-0.2, 0) is 0 Å². The van der Waals surface area contributed by atoms with E-state index >= 15 is 0 Å². The monoisotopic (exact) mass is 341 g/mol. The first-order valence-electron chi connectivity index (χ1n) is 7.28. The lowest BCUT2D eigenvalue weighted by Crippen LogP contribution is -2.63. The molecule has 0 radical (unpaired) electrons. The molecule has 0 aromatic heterocycles. The van der Waals surface area contributed by atoms with E-state index in [1.54, 1.807) is 7.11 Å². The van der Waals surface area contributed by atoms with Crippen LogP contribution >= 0.6 is 15.9 Å². The third kappa shape index (κ3) is 2.56. The number of methoxy groups -OCH3 is 1. The van der Waals surface area contributed by atoms with Gasteiger partial charge in [-0.3, -0.25) is 0 Å². The summed E-state index contributed by atoms with van der Waals surface area (Å²) in [6, 6.07) is 6.42. The number of benzene rings is 1. The summed E-state index contributed by atoms with van der Waals surface area (Å²) >= 11 is 3.56. The van der Waals surface area contributed by atoms with Gasteiger partial charge in [0.1, 0.15) is 17.6 Å². The van der Waals surface area contributed by atoms with Crippen molar-refractivity contribution in [3.63, 3.8) is 0 Å². The number of rotatable bonds is 6. The first-order chi connectivity index (χ1) is 9.61. The quantitative estimate of drug-likeness (QED) is 0.848. The van der Waals surface area contributed by atoms with Crippen LogP contribution in [-0.4, -0.2) is 26.3 Å². The Morgan fingerprint density at radius 2 is 2.05 bits per heavy atom. The van der Waals surface area contributed by atoms with Crippen LogP contribution in [0.5, 0.6) is 11.5 Å². The van der Waals surface area contributed by atoms with E-state index < -0.39 is 0 Å². The highest BCUT2D eigenvalue weighted by Crippen LogP contribution is 2.49. The number of hydrogen-bond donors (Lipinski definition) is 1. The molecule has 2 rings (SSSR count). The summed E-state index contributed by atoms with van der Waals surface area (Å²) in [4.78, 5) is 0. The summed E-state index contributed by atoms with van der Waals surface area (Å²) in [5.74, 6) is 1.74. The Bertz CT molecular complexity index is 460. The minimum absolute atomic E-state index is 0.244. The predicted octanol–water partition coefficient (Wildman–Crippen LogP) is 4.00. The van der Waals surface area contributed by atoms with E-state index in [0.29, 0.717) is 6.04 Å². The maximum absolute atomic E-state index is 6.27. The second-order valence-electron chi connectivity index (χ2n) is 5.42. The van der Waals surface area contributed by atoms with Gasteiger partial charge in [-0.05, 0) is 54.0 Å². The highest BCUT2D eigenvalue weighted by atomic mass is 79.9. The molecule has 1 aliphatic rings. The van der Waals surface area contributed by atoms with Crippen LogP contribution in [0.15, 0.2) is 22.7 Å². The highest BCUT2D eigenvalue weighted by molar-refractivity contribution is 9.10. The standard InChI is InChI=1S/C16H24BrNO2/c1-5-16(6-2)14(18-3)10-15(16)20-13-8-7-11(19-4)9-12(13)17/h7-9,14-15,18H,5-6,10H2,1-4H3. The predicted molar refractivity (Wildman–Crippen MR) is 85.6 cm³/mol.